The molecule has 7 heteroatoms. The lowest BCUT2D eigenvalue weighted by Gasteiger charge is -1.93. The molecule has 0 aliphatic rings. The van der Waals surface area contributed by atoms with Gasteiger partial charge in [-0.1, -0.05) is 0 Å². The Morgan fingerprint density at radius 1 is 1.67 bits per heavy atom. The van der Waals surface area contributed by atoms with E-state index in [1.165, 1.54) is 0 Å². The van der Waals surface area contributed by atoms with Crippen molar-refractivity contribution in [1.82, 2.24) is 0 Å². The van der Waals surface area contributed by atoms with Crippen LogP contribution in [-0.4, -0.2) is 25.3 Å². The summed E-state index contributed by atoms with van der Waals surface area (Å²) in [5, 5.41) is 0. The first-order chi connectivity index (χ1) is 4.06. The molecule has 0 aliphatic carbocycles. The maximum atomic E-state index is 9.78. The van der Waals surface area contributed by atoms with Crippen molar-refractivity contribution in [2.75, 3.05) is 12.3 Å². The Morgan fingerprint density at radius 2 is 2.22 bits per heavy atom. The maximum Gasteiger partial charge on any atom is 0.408 e. The summed E-state index contributed by atoms with van der Waals surface area (Å²) in [7, 11) is -4.29. The number of nitrogens with two attached hydrogens (primary N) is 1. The Bertz CT molecular complexity index is 152. The van der Waals surface area contributed by atoms with E-state index in [1.807, 2.05) is 0 Å². The molecule has 0 radical (unpaired) electrons. The third kappa shape index (κ3) is 8.18. The molecule has 0 amide bonds. The summed E-state index contributed by atoms with van der Waals surface area (Å²) in [5.41, 5.74) is 4.98. The standard InChI is InChI=1S/C2H7NO4S2/c3-1-2-8-7-9(4,5)6/h1-3H2,(H,4,5,6). The highest BCUT2D eigenvalue weighted by Gasteiger charge is 2.02. The van der Waals surface area contributed by atoms with Crippen LogP contribution in [0.4, 0.5) is 0 Å². The molecule has 0 saturated carbocycles. The smallest absolute Gasteiger partial charge is 0.330 e. The van der Waals surface area contributed by atoms with Crippen LogP contribution in [0.2, 0.25) is 0 Å². The van der Waals surface area contributed by atoms with Gasteiger partial charge in [-0.25, -0.2) is 0 Å². The van der Waals surface area contributed by atoms with Crippen LogP contribution in [0.3, 0.4) is 0 Å². The molecule has 56 valence electrons. The van der Waals surface area contributed by atoms with Crippen molar-refractivity contribution < 1.29 is 16.6 Å². The summed E-state index contributed by atoms with van der Waals surface area (Å²) in [5.74, 6) is 0.333. The van der Waals surface area contributed by atoms with Crippen LogP contribution < -0.4 is 5.73 Å². The van der Waals surface area contributed by atoms with Crippen LogP contribution in [-0.2, 0) is 14.0 Å². The summed E-state index contributed by atoms with van der Waals surface area (Å²) >= 11 is 0.597. The molecule has 0 aliphatic heterocycles. The molecule has 0 fully saturated rings. The molecule has 0 aromatic rings. The third-order valence-corrected chi connectivity index (χ3v) is 1.81. The second kappa shape index (κ2) is 4.07. The maximum absolute atomic E-state index is 9.78. The molecule has 0 atom stereocenters. The molecule has 0 bridgehead atoms. The molecule has 3 N–H and O–H groups in total. The van der Waals surface area contributed by atoms with E-state index in [1.54, 1.807) is 0 Å². The molecule has 0 spiro atoms. The predicted molar refractivity (Wildman–Crippen MR) is 34.1 cm³/mol. The molecule has 0 saturated heterocycles. The molecule has 0 rings (SSSR count). The van der Waals surface area contributed by atoms with Crippen LogP contribution in [0.5, 0.6) is 0 Å². The van der Waals surface area contributed by atoms with Crippen molar-refractivity contribution in [3.63, 3.8) is 0 Å². The van der Waals surface area contributed by atoms with Crippen LogP contribution in [0.25, 0.3) is 0 Å². The van der Waals surface area contributed by atoms with Crippen LogP contribution >= 0.6 is 12.0 Å². The molecule has 0 aromatic carbocycles. The van der Waals surface area contributed by atoms with Gasteiger partial charge in [0.05, 0.1) is 0 Å². The van der Waals surface area contributed by atoms with E-state index >= 15 is 0 Å². The monoisotopic (exact) mass is 173 g/mol. The summed E-state index contributed by atoms with van der Waals surface area (Å²) < 4.78 is 31.3. The van der Waals surface area contributed by atoms with E-state index in [0.717, 1.165) is 0 Å². The van der Waals surface area contributed by atoms with Crippen LogP contribution in [0.15, 0.2) is 0 Å². The number of rotatable bonds is 4. The average molecular weight is 173 g/mol. The summed E-state index contributed by atoms with van der Waals surface area (Å²) in [6.07, 6.45) is 0. The van der Waals surface area contributed by atoms with Crippen molar-refractivity contribution >= 4 is 22.4 Å². The molecule has 0 unspecified atom stereocenters. The summed E-state index contributed by atoms with van der Waals surface area (Å²) in [6, 6.07) is 0. The van der Waals surface area contributed by atoms with Gasteiger partial charge in [-0.15, -0.1) is 0 Å². The van der Waals surface area contributed by atoms with Gasteiger partial charge >= 0.3 is 10.4 Å². The van der Waals surface area contributed by atoms with Crippen molar-refractivity contribution in [3.05, 3.63) is 0 Å². The minimum atomic E-state index is -4.29. The highest BCUT2D eigenvalue weighted by atomic mass is 32.3. The molecule has 0 heterocycles. The molecular weight excluding hydrogens is 166 g/mol. The fourth-order valence-corrected chi connectivity index (χ4v) is 0.998. The number of hydrogen-bond donors (Lipinski definition) is 2. The minimum Gasteiger partial charge on any atom is -0.330 e. The van der Waals surface area contributed by atoms with E-state index in [2.05, 4.69) is 3.63 Å². The normalized spacial score (nSPS) is 11.8. The first-order valence-electron chi connectivity index (χ1n) is 2.05. The second-order valence-corrected chi connectivity index (χ2v) is 3.15. The van der Waals surface area contributed by atoms with Gasteiger partial charge in [0.25, 0.3) is 0 Å². The van der Waals surface area contributed by atoms with Gasteiger partial charge in [0.1, 0.15) is 0 Å². The van der Waals surface area contributed by atoms with Crippen molar-refractivity contribution in [2.24, 2.45) is 5.73 Å². The largest absolute Gasteiger partial charge is 0.408 e. The Hall–Kier alpha value is 0.180. The van der Waals surface area contributed by atoms with E-state index in [4.69, 9.17) is 10.3 Å². The Balaban J connectivity index is 3.30. The molecule has 9 heavy (non-hydrogen) atoms. The van der Waals surface area contributed by atoms with E-state index < -0.39 is 10.4 Å². The molecular formula is C2H7NO4S2. The first kappa shape index (κ1) is 9.18. The fourth-order valence-electron chi connectivity index (χ4n) is 0.143. The SMILES string of the molecule is NCCSOS(=O)(=O)O. The van der Waals surface area contributed by atoms with Crippen molar-refractivity contribution in [1.29, 1.82) is 0 Å². The second-order valence-electron chi connectivity index (χ2n) is 1.11. The highest BCUT2D eigenvalue weighted by molar-refractivity contribution is 8.02. The fraction of sp³-hybridized carbons (Fsp3) is 1.00. The van der Waals surface area contributed by atoms with Gasteiger partial charge in [-0.05, 0) is 0 Å². The Kier molecular flexibility index (Phi) is 4.15. The average Bonchev–Trinajstić information content (AvgIpc) is 1.63. The lowest BCUT2D eigenvalue weighted by Crippen LogP contribution is -2.04. The Labute approximate surface area is 57.7 Å². The number of hydrogen-bond acceptors (Lipinski definition) is 5. The third-order valence-electron chi connectivity index (χ3n) is 0.335. The van der Waals surface area contributed by atoms with Crippen LogP contribution in [0, 0.1) is 0 Å². The molecule has 5 nitrogen and oxygen atoms in total. The lowest BCUT2D eigenvalue weighted by molar-refractivity contribution is 0.408. The topological polar surface area (TPSA) is 89.6 Å². The first-order valence-corrected chi connectivity index (χ1v) is 4.32. The quantitative estimate of drug-likeness (QED) is 0.335. The van der Waals surface area contributed by atoms with Crippen molar-refractivity contribution in [3.8, 4) is 0 Å². The van der Waals surface area contributed by atoms with Gasteiger partial charge in [0.2, 0.25) is 0 Å². The van der Waals surface area contributed by atoms with E-state index in [0.29, 0.717) is 24.3 Å². The van der Waals surface area contributed by atoms with Crippen molar-refractivity contribution in [2.45, 2.75) is 0 Å². The summed E-state index contributed by atoms with van der Waals surface area (Å²) in [4.78, 5) is 0. The molecule has 0 aromatic heterocycles. The zero-order chi connectivity index (χ0) is 7.33. The Morgan fingerprint density at radius 3 is 2.56 bits per heavy atom. The van der Waals surface area contributed by atoms with E-state index in [9.17, 15) is 8.42 Å². The van der Waals surface area contributed by atoms with Gasteiger partial charge in [-0.3, -0.25) is 4.55 Å². The van der Waals surface area contributed by atoms with Gasteiger partial charge in [0, 0.05) is 24.3 Å². The van der Waals surface area contributed by atoms with Crippen LogP contribution in [0.1, 0.15) is 0 Å². The van der Waals surface area contributed by atoms with E-state index in [-0.39, 0.29) is 0 Å². The van der Waals surface area contributed by atoms with Gasteiger partial charge in [-0.2, -0.15) is 12.0 Å². The van der Waals surface area contributed by atoms with Gasteiger partial charge in [0.15, 0.2) is 0 Å². The minimum absolute atomic E-state index is 0.306. The zero-order valence-electron chi connectivity index (χ0n) is 4.48. The highest BCUT2D eigenvalue weighted by Crippen LogP contribution is 2.03. The van der Waals surface area contributed by atoms with Gasteiger partial charge < -0.3 is 5.73 Å². The predicted octanol–water partition coefficient (Wildman–Crippen LogP) is -0.587. The zero-order valence-corrected chi connectivity index (χ0v) is 6.11. The lowest BCUT2D eigenvalue weighted by atomic mass is 10.8. The summed E-state index contributed by atoms with van der Waals surface area (Å²) in [6.45, 7) is 0.306.